The normalized spacial score (nSPS) is 33.7. The first-order valence-electron chi connectivity index (χ1n) is 5.59. The quantitative estimate of drug-likeness (QED) is 0.743. The van der Waals surface area contributed by atoms with Crippen LogP contribution in [0.1, 0.15) is 6.92 Å². The molecule has 0 aromatic rings. The largest absolute Gasteiger partial charge is 0.480 e. The van der Waals surface area contributed by atoms with Gasteiger partial charge in [0, 0.05) is 23.8 Å². The van der Waals surface area contributed by atoms with Crippen LogP contribution in [-0.2, 0) is 9.59 Å². The molecule has 0 bridgehead atoms. The summed E-state index contributed by atoms with van der Waals surface area (Å²) in [5, 5.41) is 12.2. The monoisotopic (exact) mass is 276 g/mol. The Kier molecular flexibility index (Phi) is 4.22. The molecule has 2 heterocycles. The van der Waals surface area contributed by atoms with E-state index >= 15 is 0 Å². The number of nitrogens with one attached hydrogen (secondary N) is 1. The van der Waals surface area contributed by atoms with Crippen molar-refractivity contribution in [2.75, 3.05) is 23.8 Å². The van der Waals surface area contributed by atoms with E-state index in [0.717, 1.165) is 18.1 Å². The van der Waals surface area contributed by atoms with Crippen LogP contribution in [0.3, 0.4) is 0 Å². The Morgan fingerprint density at radius 1 is 1.41 bits per heavy atom. The molecule has 3 atom stereocenters. The summed E-state index contributed by atoms with van der Waals surface area (Å²) < 4.78 is 0. The minimum absolute atomic E-state index is 0.0441. The lowest BCUT2D eigenvalue weighted by Crippen LogP contribution is -2.55. The van der Waals surface area contributed by atoms with Crippen molar-refractivity contribution in [2.45, 2.75) is 24.4 Å². The minimum atomic E-state index is -0.904. The number of carboxylic acids is 1. The van der Waals surface area contributed by atoms with Crippen LogP contribution in [0.25, 0.3) is 0 Å². The van der Waals surface area contributed by atoms with Gasteiger partial charge >= 0.3 is 5.97 Å². The minimum Gasteiger partial charge on any atom is -0.480 e. The highest BCUT2D eigenvalue weighted by atomic mass is 32.2. The molecule has 2 aliphatic rings. The first-order chi connectivity index (χ1) is 8.11. The molecule has 7 heteroatoms. The predicted molar refractivity (Wildman–Crippen MR) is 69.3 cm³/mol. The SMILES string of the molecule is CC1SCC(C(=O)O)N1C(=O)C1CSCCN1. The van der Waals surface area contributed by atoms with E-state index in [1.54, 1.807) is 11.8 Å². The standard InChI is InChI=1S/C10H16N2O3S2/c1-6-12(8(5-17-6)10(14)15)9(13)7-4-16-3-2-11-7/h6-8,11H,2-5H2,1H3,(H,14,15). The Bertz CT molecular complexity index is 321. The van der Waals surface area contributed by atoms with Crippen LogP contribution < -0.4 is 5.32 Å². The van der Waals surface area contributed by atoms with Crippen molar-refractivity contribution in [1.29, 1.82) is 0 Å². The third kappa shape index (κ3) is 2.71. The van der Waals surface area contributed by atoms with Crippen molar-refractivity contribution in [3.63, 3.8) is 0 Å². The summed E-state index contributed by atoms with van der Waals surface area (Å²) >= 11 is 3.26. The Labute approximate surface area is 109 Å². The molecule has 0 aromatic carbocycles. The van der Waals surface area contributed by atoms with E-state index in [0.29, 0.717) is 5.75 Å². The summed E-state index contributed by atoms with van der Waals surface area (Å²) in [5.41, 5.74) is 0. The fourth-order valence-corrected chi connectivity index (χ4v) is 4.17. The van der Waals surface area contributed by atoms with Crippen LogP contribution in [0.5, 0.6) is 0 Å². The third-order valence-electron chi connectivity index (χ3n) is 2.98. The molecule has 0 aliphatic carbocycles. The van der Waals surface area contributed by atoms with E-state index in [9.17, 15) is 9.59 Å². The van der Waals surface area contributed by atoms with Crippen molar-refractivity contribution >= 4 is 35.4 Å². The topological polar surface area (TPSA) is 69.6 Å². The molecule has 0 radical (unpaired) electrons. The molecule has 0 saturated carbocycles. The first-order valence-corrected chi connectivity index (χ1v) is 7.79. The van der Waals surface area contributed by atoms with Crippen LogP contribution in [-0.4, -0.2) is 63.1 Å². The van der Waals surface area contributed by atoms with Crippen LogP contribution >= 0.6 is 23.5 Å². The lowest BCUT2D eigenvalue weighted by Gasteiger charge is -2.31. The average Bonchev–Trinajstić information content (AvgIpc) is 2.71. The van der Waals surface area contributed by atoms with E-state index in [-0.39, 0.29) is 17.3 Å². The molecule has 2 saturated heterocycles. The van der Waals surface area contributed by atoms with E-state index < -0.39 is 12.0 Å². The predicted octanol–water partition coefficient (Wildman–Crippen LogP) is 0.0660. The Balaban J connectivity index is 2.07. The molecule has 1 amide bonds. The van der Waals surface area contributed by atoms with Crippen LogP contribution in [0.15, 0.2) is 0 Å². The second-order valence-corrected chi connectivity index (χ2v) is 6.61. The van der Waals surface area contributed by atoms with Crippen molar-refractivity contribution in [3.8, 4) is 0 Å². The van der Waals surface area contributed by atoms with Gasteiger partial charge in [-0.15, -0.1) is 11.8 Å². The van der Waals surface area contributed by atoms with Crippen molar-refractivity contribution in [1.82, 2.24) is 10.2 Å². The number of aliphatic carboxylic acids is 1. The highest BCUT2D eigenvalue weighted by Gasteiger charge is 2.41. The number of hydrogen-bond donors (Lipinski definition) is 2. The molecule has 0 aromatic heterocycles. The molecule has 2 rings (SSSR count). The number of rotatable bonds is 2. The molecule has 2 aliphatic heterocycles. The second kappa shape index (κ2) is 5.49. The molecule has 17 heavy (non-hydrogen) atoms. The summed E-state index contributed by atoms with van der Waals surface area (Å²) in [6.45, 7) is 2.70. The van der Waals surface area contributed by atoms with Gasteiger partial charge in [-0.05, 0) is 6.92 Å². The maximum atomic E-state index is 12.3. The molecular weight excluding hydrogens is 260 g/mol. The number of carbonyl (C=O) groups excluding carboxylic acids is 1. The number of carbonyl (C=O) groups is 2. The summed E-state index contributed by atoms with van der Waals surface area (Å²) in [5.74, 6) is 1.26. The van der Waals surface area contributed by atoms with E-state index in [2.05, 4.69) is 5.32 Å². The zero-order chi connectivity index (χ0) is 12.4. The van der Waals surface area contributed by atoms with E-state index in [1.807, 2.05) is 6.92 Å². The van der Waals surface area contributed by atoms with Gasteiger partial charge in [-0.3, -0.25) is 4.79 Å². The molecule has 2 N–H and O–H groups in total. The summed E-state index contributed by atoms with van der Waals surface area (Å²) in [7, 11) is 0. The summed E-state index contributed by atoms with van der Waals surface area (Å²) in [6, 6.07) is -0.895. The third-order valence-corrected chi connectivity index (χ3v) is 5.26. The number of nitrogens with zero attached hydrogens (tertiary/aromatic N) is 1. The molecular formula is C10H16N2O3S2. The maximum absolute atomic E-state index is 12.3. The van der Waals surface area contributed by atoms with Crippen molar-refractivity contribution in [3.05, 3.63) is 0 Å². The zero-order valence-electron chi connectivity index (χ0n) is 9.59. The second-order valence-electron chi connectivity index (χ2n) is 4.11. The van der Waals surface area contributed by atoms with Gasteiger partial charge in [0.15, 0.2) is 0 Å². The molecule has 0 spiro atoms. The summed E-state index contributed by atoms with van der Waals surface area (Å²) in [6.07, 6.45) is 0. The Morgan fingerprint density at radius 2 is 2.18 bits per heavy atom. The van der Waals surface area contributed by atoms with E-state index in [4.69, 9.17) is 5.11 Å². The van der Waals surface area contributed by atoms with E-state index in [1.165, 1.54) is 16.7 Å². The van der Waals surface area contributed by atoms with Gasteiger partial charge in [-0.1, -0.05) is 0 Å². The maximum Gasteiger partial charge on any atom is 0.327 e. The molecule has 2 fully saturated rings. The number of thioether (sulfide) groups is 2. The Hall–Kier alpha value is -0.400. The highest BCUT2D eigenvalue weighted by molar-refractivity contribution is 8.00. The number of amides is 1. The lowest BCUT2D eigenvalue weighted by atomic mass is 10.2. The van der Waals surface area contributed by atoms with Gasteiger partial charge in [0.25, 0.3) is 0 Å². The Morgan fingerprint density at radius 3 is 2.76 bits per heavy atom. The molecule has 3 unspecified atom stereocenters. The van der Waals surface area contributed by atoms with Gasteiger partial charge in [-0.2, -0.15) is 11.8 Å². The molecule has 96 valence electrons. The van der Waals surface area contributed by atoms with Crippen LogP contribution in [0.4, 0.5) is 0 Å². The highest BCUT2D eigenvalue weighted by Crippen LogP contribution is 2.30. The molecule has 5 nitrogen and oxygen atoms in total. The van der Waals surface area contributed by atoms with Gasteiger partial charge in [0.05, 0.1) is 11.4 Å². The van der Waals surface area contributed by atoms with Gasteiger partial charge in [0.2, 0.25) is 5.91 Å². The van der Waals surface area contributed by atoms with Crippen LogP contribution in [0, 0.1) is 0 Å². The number of hydrogen-bond acceptors (Lipinski definition) is 5. The van der Waals surface area contributed by atoms with Crippen molar-refractivity contribution < 1.29 is 14.7 Å². The van der Waals surface area contributed by atoms with Gasteiger partial charge in [-0.25, -0.2) is 4.79 Å². The van der Waals surface area contributed by atoms with Crippen molar-refractivity contribution in [2.24, 2.45) is 0 Å². The smallest absolute Gasteiger partial charge is 0.327 e. The summed E-state index contributed by atoms with van der Waals surface area (Å²) in [4.78, 5) is 24.9. The fourth-order valence-electron chi connectivity index (χ4n) is 2.07. The van der Waals surface area contributed by atoms with Crippen LogP contribution in [0.2, 0.25) is 0 Å². The van der Waals surface area contributed by atoms with Gasteiger partial charge in [0.1, 0.15) is 6.04 Å². The zero-order valence-corrected chi connectivity index (χ0v) is 11.2. The van der Waals surface area contributed by atoms with Gasteiger partial charge < -0.3 is 15.3 Å². The lowest BCUT2D eigenvalue weighted by molar-refractivity contribution is -0.149. The fraction of sp³-hybridized carbons (Fsp3) is 0.800. The first kappa shape index (κ1) is 13.0. The average molecular weight is 276 g/mol. The number of carboxylic acid groups (broad SMARTS) is 1.